The molecule has 4 heterocycles. The first-order valence-electron chi connectivity index (χ1n) is 22.5. The number of hydrogen-bond acceptors (Lipinski definition) is 10. The van der Waals surface area contributed by atoms with Crippen molar-refractivity contribution in [2.75, 3.05) is 34.5 Å². The van der Waals surface area contributed by atoms with Crippen LogP contribution in [-0.4, -0.2) is 67.5 Å². The number of aliphatic hydroxyl groups is 2. The van der Waals surface area contributed by atoms with Crippen LogP contribution in [0.25, 0.3) is 0 Å². The van der Waals surface area contributed by atoms with Crippen molar-refractivity contribution < 1.29 is 29.4 Å². The maximum absolute atomic E-state index is 12.5. The van der Waals surface area contributed by atoms with E-state index in [4.69, 9.17) is 10.2 Å². The van der Waals surface area contributed by atoms with Crippen molar-refractivity contribution in [2.24, 2.45) is 0 Å². The third kappa shape index (κ3) is 19.3. The molecule has 10 N–H and O–H groups in total. The van der Waals surface area contributed by atoms with E-state index in [0.717, 1.165) is 22.3 Å². The topological polar surface area (TPSA) is 257 Å². The van der Waals surface area contributed by atoms with Gasteiger partial charge in [0.05, 0.1) is 69.7 Å². The third-order valence-corrected chi connectivity index (χ3v) is 9.99. The van der Waals surface area contributed by atoms with Crippen LogP contribution in [0.2, 0.25) is 0 Å². The smallest absolute Gasteiger partial charge is 0.319 e. The average molecular weight is 957 g/mol. The minimum absolute atomic E-state index is 0.250. The number of carbonyl (C=O) groups excluding carboxylic acids is 4. The van der Waals surface area contributed by atoms with Gasteiger partial charge in [0.1, 0.15) is 0 Å². The maximum Gasteiger partial charge on any atom is 0.319 e. The van der Waals surface area contributed by atoms with Crippen LogP contribution in [-0.2, 0) is 22.2 Å². The number of urea groups is 4. The fourth-order valence-corrected chi connectivity index (χ4v) is 6.41. The van der Waals surface area contributed by atoms with Crippen molar-refractivity contribution in [3.63, 3.8) is 0 Å². The normalized spacial score (nSPS) is 10.9. The minimum atomic E-state index is -0.656. The second-order valence-electron chi connectivity index (χ2n) is 17.6. The lowest BCUT2D eigenvalue weighted by Crippen LogP contribution is -2.45. The number of carbonyl (C=O) groups is 4. The van der Waals surface area contributed by atoms with E-state index in [1.54, 1.807) is 112 Å². The summed E-state index contributed by atoms with van der Waals surface area (Å²) in [5, 5.41) is 38.2. The highest BCUT2D eigenvalue weighted by Gasteiger charge is 2.29. The van der Waals surface area contributed by atoms with Gasteiger partial charge in [0, 0.05) is 38.0 Å². The Balaban J connectivity index is 0.000000333. The first-order valence-corrected chi connectivity index (χ1v) is 22.5. The van der Waals surface area contributed by atoms with Gasteiger partial charge in [-0.05, 0) is 140 Å². The van der Waals surface area contributed by atoms with E-state index in [0.29, 0.717) is 22.7 Å². The van der Waals surface area contributed by atoms with Gasteiger partial charge in [-0.3, -0.25) is 19.9 Å². The van der Waals surface area contributed by atoms with Gasteiger partial charge in [-0.25, -0.2) is 19.2 Å². The molecule has 0 bridgehead atoms. The fraction of sp³-hybridized carbons (Fsp3) is 0.308. The Morgan fingerprint density at radius 1 is 0.386 bits per heavy atom. The summed E-state index contributed by atoms with van der Waals surface area (Å²) in [4.78, 5) is 65.9. The van der Waals surface area contributed by atoms with Gasteiger partial charge in [0.15, 0.2) is 0 Å². The molecule has 6 rings (SSSR count). The molecule has 6 aromatic rings. The number of aromatic nitrogens is 4. The molecule has 0 unspecified atom stereocenters. The molecule has 0 saturated carbocycles. The second-order valence-corrected chi connectivity index (χ2v) is 17.6. The number of amides is 8. The minimum Gasteiger partial charge on any atom is -0.397 e. The summed E-state index contributed by atoms with van der Waals surface area (Å²) in [5.41, 5.74) is 3.42. The van der Waals surface area contributed by atoms with Gasteiger partial charge in [0.2, 0.25) is 0 Å². The molecule has 0 aliphatic rings. The maximum atomic E-state index is 12.5. The van der Waals surface area contributed by atoms with Crippen molar-refractivity contribution in [1.82, 2.24) is 41.2 Å². The Labute approximate surface area is 411 Å². The Hall–Kier alpha value is -7.96. The largest absolute Gasteiger partial charge is 0.397 e. The van der Waals surface area contributed by atoms with Gasteiger partial charge < -0.3 is 52.7 Å². The lowest BCUT2D eigenvalue weighted by atomic mass is 9.87. The molecule has 4 aromatic heterocycles. The molecule has 18 nitrogen and oxygen atoms in total. The summed E-state index contributed by atoms with van der Waals surface area (Å²) in [7, 11) is 0. The molecule has 372 valence electrons. The highest BCUT2D eigenvalue weighted by atomic mass is 16.3. The fourth-order valence-electron chi connectivity index (χ4n) is 6.41. The predicted octanol–water partition coefficient (Wildman–Crippen LogP) is 9.18. The van der Waals surface area contributed by atoms with Crippen molar-refractivity contribution in [3.8, 4) is 0 Å². The third-order valence-electron chi connectivity index (χ3n) is 9.99. The Morgan fingerprint density at radius 2 is 0.586 bits per heavy atom. The number of pyridine rings is 4. The summed E-state index contributed by atoms with van der Waals surface area (Å²) in [6.07, 6.45) is 12.9. The summed E-state index contributed by atoms with van der Waals surface area (Å²) in [5.74, 6) is 0. The molecule has 0 saturated heterocycles. The van der Waals surface area contributed by atoms with Gasteiger partial charge in [0.25, 0.3) is 0 Å². The van der Waals surface area contributed by atoms with Gasteiger partial charge >= 0.3 is 24.1 Å². The molecule has 70 heavy (non-hydrogen) atoms. The van der Waals surface area contributed by atoms with E-state index in [1.807, 2.05) is 104 Å². The molecule has 18 heteroatoms. The summed E-state index contributed by atoms with van der Waals surface area (Å²) in [6.45, 7) is 19.2. The number of hydrogen-bond donors (Lipinski definition) is 10. The number of nitrogens with zero attached hydrogens (tertiary/aromatic N) is 4. The van der Waals surface area contributed by atoms with Crippen molar-refractivity contribution in [3.05, 3.63) is 169 Å². The molecule has 0 aliphatic heterocycles. The van der Waals surface area contributed by atoms with Gasteiger partial charge in [-0.2, -0.15) is 0 Å². The van der Waals surface area contributed by atoms with E-state index < -0.39 is 22.2 Å². The molecule has 0 spiro atoms. The van der Waals surface area contributed by atoms with E-state index in [-0.39, 0.29) is 37.3 Å². The van der Waals surface area contributed by atoms with Crippen LogP contribution in [0.15, 0.2) is 147 Å². The van der Waals surface area contributed by atoms with E-state index in [9.17, 15) is 19.2 Å². The van der Waals surface area contributed by atoms with E-state index in [2.05, 4.69) is 62.5 Å². The van der Waals surface area contributed by atoms with Crippen LogP contribution in [0.3, 0.4) is 0 Å². The summed E-state index contributed by atoms with van der Waals surface area (Å²) in [6, 6.07) is 28.3. The quantitative estimate of drug-likeness (QED) is 0.0556. The second kappa shape index (κ2) is 27.1. The van der Waals surface area contributed by atoms with Crippen LogP contribution in [0.1, 0.15) is 91.5 Å². The molecule has 2 aromatic carbocycles. The molecular formula is C52H68N12O6. The SMILES string of the molecule is CC(C)(NC(=O)Nc1cccnc1)c1cccc(C(C)(C)NC(=O)Nc2cccnc2)c1.CC(C)(NC(=O)Nc1cccnc1)c1cccc(C(C)(C)NC(=O)Nc2cccnc2)c1.CCO.CCO. The monoisotopic (exact) mass is 957 g/mol. The lowest BCUT2D eigenvalue weighted by molar-refractivity contribution is 0.240. The van der Waals surface area contributed by atoms with E-state index >= 15 is 0 Å². The standard InChI is InChI=1S/2C24H28N6O2.2C2H6O/c2*1-23(2,29-21(31)27-19-10-6-12-25-15-19)17-8-5-9-18(14-17)24(3,4)30-22(32)28-20-11-7-13-26-16-20;2*1-2-3/h2*5-16H,1-4H3,(H2,27,29,31)(H2,28,30,32);2*3H,2H2,1H3. The molecular weight excluding hydrogens is 889 g/mol. The van der Waals surface area contributed by atoms with Crippen LogP contribution in [0.4, 0.5) is 41.9 Å². The number of rotatable bonds is 12. The van der Waals surface area contributed by atoms with Crippen LogP contribution >= 0.6 is 0 Å². The molecule has 8 amide bonds. The van der Waals surface area contributed by atoms with Crippen molar-refractivity contribution >= 4 is 46.9 Å². The van der Waals surface area contributed by atoms with Crippen molar-refractivity contribution in [2.45, 2.75) is 91.4 Å². The van der Waals surface area contributed by atoms with Gasteiger partial charge in [-0.1, -0.05) is 48.5 Å². The average Bonchev–Trinajstić information content (AvgIpc) is 3.30. The first kappa shape index (κ1) is 56.4. The zero-order valence-electron chi connectivity index (χ0n) is 41.6. The number of nitrogens with one attached hydrogen (secondary N) is 8. The zero-order valence-corrected chi connectivity index (χ0v) is 41.6. The van der Waals surface area contributed by atoms with Gasteiger partial charge in [-0.15, -0.1) is 0 Å². The highest BCUT2D eigenvalue weighted by Crippen LogP contribution is 2.29. The van der Waals surface area contributed by atoms with Crippen LogP contribution in [0.5, 0.6) is 0 Å². The Bertz CT molecular complexity index is 2190. The zero-order chi connectivity index (χ0) is 51.8. The molecule has 0 radical (unpaired) electrons. The Kier molecular flexibility index (Phi) is 21.9. The molecule has 0 fully saturated rings. The van der Waals surface area contributed by atoms with Crippen LogP contribution in [0, 0.1) is 0 Å². The summed E-state index contributed by atoms with van der Waals surface area (Å²) >= 11 is 0. The number of aliphatic hydroxyl groups excluding tert-OH is 2. The molecule has 0 atom stereocenters. The van der Waals surface area contributed by atoms with E-state index in [1.165, 1.54) is 0 Å². The van der Waals surface area contributed by atoms with Crippen molar-refractivity contribution in [1.29, 1.82) is 0 Å². The first-order chi connectivity index (χ1) is 33.1. The lowest BCUT2D eigenvalue weighted by Gasteiger charge is -2.31. The molecule has 0 aliphatic carbocycles. The Morgan fingerprint density at radius 3 is 0.757 bits per heavy atom. The highest BCUT2D eigenvalue weighted by molar-refractivity contribution is 5.91. The number of benzene rings is 2. The summed E-state index contributed by atoms with van der Waals surface area (Å²) < 4.78 is 0. The number of anilines is 4. The van der Waals surface area contributed by atoms with Crippen LogP contribution < -0.4 is 42.5 Å². The predicted molar refractivity (Wildman–Crippen MR) is 276 cm³/mol.